The van der Waals surface area contributed by atoms with Crippen LogP contribution in [0.4, 0.5) is 13.2 Å². The molecule has 86 valence electrons. The third-order valence-corrected chi connectivity index (χ3v) is 2.28. The molecule has 0 N–H and O–H groups in total. The highest BCUT2D eigenvalue weighted by molar-refractivity contribution is 6.18. The Kier molecular flexibility index (Phi) is 6.48. The van der Waals surface area contributed by atoms with E-state index in [1.807, 2.05) is 11.8 Å². The molecule has 0 aromatic rings. The van der Waals surface area contributed by atoms with E-state index in [1.165, 1.54) is 0 Å². The number of hydrogen-bond donors (Lipinski definition) is 0. The monoisotopic (exact) mass is 233 g/mol. The van der Waals surface area contributed by atoms with Gasteiger partial charge in [-0.05, 0) is 14.0 Å². The fourth-order valence-electron chi connectivity index (χ4n) is 0.735. The molecule has 0 saturated heterocycles. The third-order valence-electron chi connectivity index (χ3n) is 1.83. The summed E-state index contributed by atoms with van der Waals surface area (Å²) in [6, 6.07) is 0.145. The first kappa shape index (κ1) is 14.0. The summed E-state index contributed by atoms with van der Waals surface area (Å²) in [4.78, 5) is 1.85. The highest BCUT2D eigenvalue weighted by atomic mass is 35.5. The van der Waals surface area contributed by atoms with E-state index in [0.29, 0.717) is 12.4 Å². The minimum Gasteiger partial charge on any atom is -0.371 e. The number of ether oxygens (including phenoxy) is 1. The average molecular weight is 234 g/mol. The maximum atomic E-state index is 11.6. The Morgan fingerprint density at radius 1 is 1.43 bits per heavy atom. The van der Waals surface area contributed by atoms with Gasteiger partial charge in [0, 0.05) is 18.5 Å². The van der Waals surface area contributed by atoms with Gasteiger partial charge in [-0.25, -0.2) is 0 Å². The van der Waals surface area contributed by atoms with E-state index in [9.17, 15) is 13.2 Å². The van der Waals surface area contributed by atoms with E-state index in [2.05, 4.69) is 4.74 Å². The molecule has 0 radical (unpaired) electrons. The first-order valence-electron chi connectivity index (χ1n) is 4.27. The van der Waals surface area contributed by atoms with Gasteiger partial charge >= 0.3 is 6.18 Å². The fourth-order valence-corrected chi connectivity index (χ4v) is 0.970. The maximum Gasteiger partial charge on any atom is 0.411 e. The van der Waals surface area contributed by atoms with Gasteiger partial charge in [-0.1, -0.05) is 0 Å². The lowest BCUT2D eigenvalue weighted by Crippen LogP contribution is -2.34. The van der Waals surface area contributed by atoms with E-state index in [0.717, 1.165) is 0 Å². The van der Waals surface area contributed by atoms with Crippen LogP contribution in [0.5, 0.6) is 0 Å². The van der Waals surface area contributed by atoms with Gasteiger partial charge in [0.15, 0.2) is 0 Å². The summed E-state index contributed by atoms with van der Waals surface area (Å²) in [6.45, 7) is 1.23. The largest absolute Gasteiger partial charge is 0.411 e. The van der Waals surface area contributed by atoms with Crippen LogP contribution in [0.15, 0.2) is 0 Å². The summed E-state index contributed by atoms with van der Waals surface area (Å²) in [6.07, 6.45) is -4.24. The summed E-state index contributed by atoms with van der Waals surface area (Å²) < 4.78 is 39.4. The molecule has 0 aliphatic carbocycles. The number of hydrogen-bond acceptors (Lipinski definition) is 2. The first-order valence-corrected chi connectivity index (χ1v) is 4.81. The van der Waals surface area contributed by atoms with Crippen molar-refractivity contribution in [1.29, 1.82) is 0 Å². The molecule has 0 heterocycles. The number of halogens is 4. The molecule has 0 aliphatic rings. The number of alkyl halides is 4. The lowest BCUT2D eigenvalue weighted by Gasteiger charge is -2.22. The van der Waals surface area contributed by atoms with Crippen LogP contribution in [-0.2, 0) is 4.74 Å². The SMILES string of the molecule is CC(CCl)N(C)CCOCC(F)(F)F. The van der Waals surface area contributed by atoms with E-state index in [-0.39, 0.29) is 12.6 Å². The van der Waals surface area contributed by atoms with Crippen LogP contribution in [0, 0.1) is 0 Å². The van der Waals surface area contributed by atoms with E-state index < -0.39 is 12.8 Å². The van der Waals surface area contributed by atoms with Crippen LogP contribution in [-0.4, -0.2) is 49.8 Å². The summed E-state index contributed by atoms with van der Waals surface area (Å²) in [5.74, 6) is 0.454. The number of rotatable bonds is 6. The molecule has 0 spiro atoms. The summed E-state index contributed by atoms with van der Waals surface area (Å²) >= 11 is 5.57. The molecule has 0 aliphatic heterocycles. The molecular formula is C8H15ClF3NO. The lowest BCUT2D eigenvalue weighted by atomic mass is 10.3. The minimum atomic E-state index is -4.24. The molecule has 0 aromatic heterocycles. The van der Waals surface area contributed by atoms with Crippen LogP contribution in [0.3, 0.4) is 0 Å². The Morgan fingerprint density at radius 2 is 2.00 bits per heavy atom. The first-order chi connectivity index (χ1) is 6.37. The zero-order chi connectivity index (χ0) is 11.2. The Labute approximate surface area is 87.0 Å². The summed E-state index contributed by atoms with van der Waals surface area (Å²) in [7, 11) is 1.80. The van der Waals surface area contributed by atoms with Crippen molar-refractivity contribution in [2.45, 2.75) is 19.1 Å². The minimum absolute atomic E-state index is 0.0667. The van der Waals surface area contributed by atoms with E-state index >= 15 is 0 Å². The molecule has 2 nitrogen and oxygen atoms in total. The van der Waals surface area contributed by atoms with Crippen molar-refractivity contribution in [3.63, 3.8) is 0 Å². The Bertz CT molecular complexity index is 154. The van der Waals surface area contributed by atoms with Gasteiger partial charge in [0.05, 0.1) is 6.61 Å². The van der Waals surface area contributed by atoms with Gasteiger partial charge in [-0.2, -0.15) is 13.2 Å². The molecule has 0 bridgehead atoms. The van der Waals surface area contributed by atoms with Crippen molar-refractivity contribution in [2.24, 2.45) is 0 Å². The molecule has 14 heavy (non-hydrogen) atoms. The van der Waals surface area contributed by atoms with Crippen molar-refractivity contribution >= 4 is 11.6 Å². The summed E-state index contributed by atoms with van der Waals surface area (Å²) in [5.41, 5.74) is 0. The highest BCUT2D eigenvalue weighted by Gasteiger charge is 2.27. The molecule has 1 unspecified atom stereocenters. The van der Waals surface area contributed by atoms with Gasteiger partial charge in [-0.15, -0.1) is 11.6 Å². The number of nitrogens with zero attached hydrogens (tertiary/aromatic N) is 1. The van der Waals surface area contributed by atoms with E-state index in [4.69, 9.17) is 11.6 Å². The summed E-state index contributed by atoms with van der Waals surface area (Å²) in [5, 5.41) is 0. The van der Waals surface area contributed by atoms with Crippen LogP contribution in [0.25, 0.3) is 0 Å². The normalized spacial score (nSPS) is 14.8. The molecule has 0 saturated carbocycles. The fraction of sp³-hybridized carbons (Fsp3) is 1.00. The van der Waals surface area contributed by atoms with Crippen molar-refractivity contribution in [1.82, 2.24) is 4.90 Å². The predicted octanol–water partition coefficient (Wildman–Crippen LogP) is 2.12. The van der Waals surface area contributed by atoms with Crippen molar-refractivity contribution in [3.05, 3.63) is 0 Å². The van der Waals surface area contributed by atoms with Crippen molar-refractivity contribution in [3.8, 4) is 0 Å². The Balaban J connectivity index is 3.45. The molecular weight excluding hydrogens is 219 g/mol. The quantitative estimate of drug-likeness (QED) is 0.515. The second-order valence-corrected chi connectivity index (χ2v) is 3.46. The molecule has 0 fully saturated rings. The molecule has 1 atom stereocenters. The Hall–Kier alpha value is -0.0000000000000000555. The van der Waals surface area contributed by atoms with Gasteiger partial charge in [0.2, 0.25) is 0 Å². The molecule has 0 amide bonds. The smallest absolute Gasteiger partial charge is 0.371 e. The number of likely N-dealkylation sites (N-methyl/N-ethyl adjacent to an activating group) is 1. The highest BCUT2D eigenvalue weighted by Crippen LogP contribution is 2.14. The van der Waals surface area contributed by atoms with Gasteiger partial charge in [0.1, 0.15) is 6.61 Å². The van der Waals surface area contributed by atoms with Crippen LogP contribution in [0.2, 0.25) is 0 Å². The van der Waals surface area contributed by atoms with Gasteiger partial charge in [-0.3, -0.25) is 0 Å². The van der Waals surface area contributed by atoms with Crippen molar-refractivity contribution in [2.75, 3.05) is 32.7 Å². The second kappa shape index (κ2) is 6.48. The zero-order valence-corrected chi connectivity index (χ0v) is 9.03. The molecule has 6 heteroatoms. The third kappa shape index (κ3) is 7.41. The molecule has 0 aromatic carbocycles. The van der Waals surface area contributed by atoms with Crippen molar-refractivity contribution < 1.29 is 17.9 Å². The molecule has 0 rings (SSSR count). The van der Waals surface area contributed by atoms with Gasteiger partial charge in [0.25, 0.3) is 0 Å². The van der Waals surface area contributed by atoms with Crippen LogP contribution >= 0.6 is 11.6 Å². The van der Waals surface area contributed by atoms with Crippen LogP contribution < -0.4 is 0 Å². The zero-order valence-electron chi connectivity index (χ0n) is 8.27. The predicted molar refractivity (Wildman–Crippen MR) is 49.7 cm³/mol. The van der Waals surface area contributed by atoms with E-state index in [1.54, 1.807) is 7.05 Å². The van der Waals surface area contributed by atoms with Gasteiger partial charge < -0.3 is 9.64 Å². The average Bonchev–Trinajstić information content (AvgIpc) is 2.09. The standard InChI is InChI=1S/C8H15ClF3NO/c1-7(5-9)13(2)3-4-14-6-8(10,11)12/h7H,3-6H2,1-2H3. The maximum absolute atomic E-state index is 11.6. The second-order valence-electron chi connectivity index (χ2n) is 3.15. The Morgan fingerprint density at radius 3 is 2.43 bits per heavy atom. The topological polar surface area (TPSA) is 12.5 Å². The lowest BCUT2D eigenvalue weighted by molar-refractivity contribution is -0.174. The van der Waals surface area contributed by atoms with Crippen LogP contribution in [0.1, 0.15) is 6.92 Å².